The number of ether oxygens (including phenoxy) is 1. The van der Waals surface area contributed by atoms with Crippen molar-refractivity contribution in [1.29, 1.82) is 0 Å². The zero-order chi connectivity index (χ0) is 42.4. The summed E-state index contributed by atoms with van der Waals surface area (Å²) in [7, 11) is 0. The molecule has 0 heterocycles. The quantitative estimate of drug-likeness (QED) is 0.0324. The Hall–Kier alpha value is -2.70. The van der Waals surface area contributed by atoms with Gasteiger partial charge in [-0.05, 0) is 70.3 Å². The topological polar surface area (TPSA) is 95.9 Å². The van der Waals surface area contributed by atoms with Crippen molar-refractivity contribution in [2.45, 2.75) is 238 Å². The Bertz CT molecular complexity index is 1090. The van der Waals surface area contributed by atoms with Gasteiger partial charge in [-0.1, -0.05) is 210 Å². The molecule has 0 aromatic rings. The summed E-state index contributed by atoms with van der Waals surface area (Å²) in [6.45, 7) is 6.26. The Morgan fingerprint density at radius 2 is 1.00 bits per heavy atom. The molecule has 0 bridgehead atoms. The van der Waals surface area contributed by atoms with E-state index in [1.54, 1.807) is 6.08 Å². The number of hydrogen-bond acceptors (Lipinski definition) is 5. The summed E-state index contributed by atoms with van der Waals surface area (Å²) in [6.07, 6.45) is 57.1. The van der Waals surface area contributed by atoms with Crippen LogP contribution in [0.15, 0.2) is 72.9 Å². The minimum absolute atomic E-state index is 0.0514. The predicted octanol–water partition coefficient (Wildman–Crippen LogP) is 14.2. The van der Waals surface area contributed by atoms with Gasteiger partial charge in [0.1, 0.15) is 6.10 Å². The first-order chi connectivity index (χ1) is 28.5. The number of amides is 1. The van der Waals surface area contributed by atoms with Gasteiger partial charge in [-0.15, -0.1) is 0 Å². The number of rotatable bonds is 42. The molecule has 0 radical (unpaired) electrons. The summed E-state index contributed by atoms with van der Waals surface area (Å²) in [5.41, 5.74) is 0. The predicted molar refractivity (Wildman–Crippen MR) is 250 cm³/mol. The molecule has 3 unspecified atom stereocenters. The lowest BCUT2D eigenvalue weighted by molar-refractivity contribution is -0.148. The molecule has 0 spiro atoms. The van der Waals surface area contributed by atoms with Gasteiger partial charge >= 0.3 is 5.97 Å². The van der Waals surface area contributed by atoms with Gasteiger partial charge in [0.2, 0.25) is 5.91 Å². The third-order valence-corrected chi connectivity index (χ3v) is 10.5. The number of hydrogen-bond donors (Lipinski definition) is 3. The fourth-order valence-electron chi connectivity index (χ4n) is 6.86. The zero-order valence-corrected chi connectivity index (χ0v) is 37.9. The summed E-state index contributed by atoms with van der Waals surface area (Å²) in [4.78, 5) is 25.9. The number of unbranched alkanes of at least 4 members (excludes halogenated alkanes) is 20. The number of carbonyl (C=O) groups excluding carboxylic acids is 2. The van der Waals surface area contributed by atoms with Crippen molar-refractivity contribution in [3.63, 3.8) is 0 Å². The molecule has 0 fully saturated rings. The summed E-state index contributed by atoms with van der Waals surface area (Å²) in [5, 5.41) is 23.6. The SMILES string of the molecule is CC/C=C/C/C=C/C/C=C/C/C=C/C/C=C/C(CC(=O)NC(CO)C(O)CCCCCCCCCCCCCCCCC)OC(=O)CCCCCCC/C=C\CCC. The molecule has 0 aromatic heterocycles. The largest absolute Gasteiger partial charge is 0.458 e. The maximum absolute atomic E-state index is 13.1. The van der Waals surface area contributed by atoms with E-state index in [9.17, 15) is 19.8 Å². The molecular formula is C52H91NO5. The molecule has 0 aliphatic rings. The summed E-state index contributed by atoms with van der Waals surface area (Å²) in [5.74, 6) is -0.644. The van der Waals surface area contributed by atoms with Gasteiger partial charge in [0.05, 0.1) is 25.2 Å². The second-order valence-electron chi connectivity index (χ2n) is 16.1. The Kier molecular flexibility index (Phi) is 43.3. The van der Waals surface area contributed by atoms with Gasteiger partial charge in [-0.3, -0.25) is 9.59 Å². The number of carbonyl (C=O) groups is 2. The van der Waals surface area contributed by atoms with Crippen LogP contribution in [0.2, 0.25) is 0 Å². The van der Waals surface area contributed by atoms with E-state index in [2.05, 4.69) is 86.8 Å². The van der Waals surface area contributed by atoms with Crippen LogP contribution >= 0.6 is 0 Å². The van der Waals surface area contributed by atoms with Gasteiger partial charge in [0.15, 0.2) is 0 Å². The van der Waals surface area contributed by atoms with E-state index in [1.165, 1.54) is 89.9 Å². The maximum Gasteiger partial charge on any atom is 0.306 e. The Morgan fingerprint density at radius 3 is 1.52 bits per heavy atom. The molecule has 0 saturated heterocycles. The van der Waals surface area contributed by atoms with Crippen molar-refractivity contribution >= 4 is 11.9 Å². The average Bonchev–Trinajstić information content (AvgIpc) is 3.22. The van der Waals surface area contributed by atoms with E-state index in [4.69, 9.17) is 4.74 Å². The Labute approximate surface area is 358 Å². The van der Waals surface area contributed by atoms with Gasteiger partial charge in [0.25, 0.3) is 0 Å². The molecule has 3 N–H and O–H groups in total. The molecule has 334 valence electrons. The molecule has 58 heavy (non-hydrogen) atoms. The monoisotopic (exact) mass is 810 g/mol. The van der Waals surface area contributed by atoms with Gasteiger partial charge < -0.3 is 20.3 Å². The number of esters is 1. The van der Waals surface area contributed by atoms with E-state index in [0.29, 0.717) is 19.3 Å². The lowest BCUT2D eigenvalue weighted by Gasteiger charge is -2.23. The van der Waals surface area contributed by atoms with Gasteiger partial charge in [-0.25, -0.2) is 0 Å². The van der Waals surface area contributed by atoms with Gasteiger partial charge in [0, 0.05) is 6.42 Å². The molecule has 0 saturated carbocycles. The molecule has 3 atom stereocenters. The minimum Gasteiger partial charge on any atom is -0.458 e. The van der Waals surface area contributed by atoms with Crippen LogP contribution in [-0.4, -0.2) is 46.9 Å². The zero-order valence-electron chi connectivity index (χ0n) is 37.9. The normalized spacial score (nSPS) is 13.9. The molecule has 0 aromatic carbocycles. The third-order valence-electron chi connectivity index (χ3n) is 10.5. The Morgan fingerprint density at radius 1 is 0.534 bits per heavy atom. The fourth-order valence-corrected chi connectivity index (χ4v) is 6.86. The fraction of sp³-hybridized carbons (Fsp3) is 0.731. The molecule has 6 nitrogen and oxygen atoms in total. The van der Waals surface area contributed by atoms with E-state index < -0.39 is 18.2 Å². The van der Waals surface area contributed by atoms with Crippen LogP contribution in [0.3, 0.4) is 0 Å². The maximum atomic E-state index is 13.1. The van der Waals surface area contributed by atoms with Crippen LogP contribution in [0.25, 0.3) is 0 Å². The van der Waals surface area contributed by atoms with Crippen LogP contribution in [0, 0.1) is 0 Å². The van der Waals surface area contributed by atoms with E-state index in [1.807, 2.05) is 6.08 Å². The standard InChI is InChI=1S/C52H91NO5/c1-4-7-10-13-16-19-22-24-26-28-30-32-35-38-41-44-50(55)49(47-54)53-51(56)46-48(58-52(57)45-42-39-36-33-21-18-15-12-9-6-3)43-40-37-34-31-29-27-25-23-20-17-14-11-8-5-2/h8,11-12,15,17,20,25,27,31,34,40,43,48-50,54-55H,4-7,9-10,13-14,16,18-19,21-24,26,28-30,32-33,35-39,41-42,44-47H2,1-3H3,(H,53,56)/b11-8+,15-12-,20-17+,27-25+,34-31+,43-40+. The van der Waals surface area contributed by atoms with Crippen molar-refractivity contribution in [1.82, 2.24) is 5.32 Å². The average molecular weight is 810 g/mol. The molecule has 1 amide bonds. The van der Waals surface area contributed by atoms with E-state index >= 15 is 0 Å². The first-order valence-electron chi connectivity index (χ1n) is 24.2. The molecule has 6 heteroatoms. The van der Waals surface area contributed by atoms with Crippen LogP contribution in [0.1, 0.15) is 220 Å². The van der Waals surface area contributed by atoms with Crippen LogP contribution in [0.4, 0.5) is 0 Å². The van der Waals surface area contributed by atoms with Crippen molar-refractivity contribution < 1.29 is 24.5 Å². The molecular weight excluding hydrogens is 719 g/mol. The highest BCUT2D eigenvalue weighted by molar-refractivity contribution is 5.78. The minimum atomic E-state index is -0.821. The molecule has 0 aliphatic heterocycles. The summed E-state index contributed by atoms with van der Waals surface area (Å²) >= 11 is 0. The molecule has 0 rings (SSSR count). The second-order valence-corrected chi connectivity index (χ2v) is 16.1. The number of aliphatic hydroxyl groups is 2. The smallest absolute Gasteiger partial charge is 0.306 e. The highest BCUT2D eigenvalue weighted by atomic mass is 16.5. The van der Waals surface area contributed by atoms with Crippen molar-refractivity contribution in [3.8, 4) is 0 Å². The first-order valence-corrected chi connectivity index (χ1v) is 24.2. The summed E-state index contributed by atoms with van der Waals surface area (Å²) in [6, 6.07) is -0.744. The summed E-state index contributed by atoms with van der Waals surface area (Å²) < 4.78 is 5.79. The number of nitrogens with one attached hydrogen (secondary N) is 1. The highest BCUT2D eigenvalue weighted by Gasteiger charge is 2.23. The van der Waals surface area contributed by atoms with E-state index in [-0.39, 0.29) is 24.9 Å². The van der Waals surface area contributed by atoms with Crippen LogP contribution in [0.5, 0.6) is 0 Å². The van der Waals surface area contributed by atoms with Gasteiger partial charge in [-0.2, -0.15) is 0 Å². The highest BCUT2D eigenvalue weighted by Crippen LogP contribution is 2.16. The lowest BCUT2D eigenvalue weighted by Crippen LogP contribution is -2.46. The molecule has 0 aliphatic carbocycles. The second kappa shape index (κ2) is 45.4. The van der Waals surface area contributed by atoms with Crippen LogP contribution < -0.4 is 5.32 Å². The number of allylic oxidation sites excluding steroid dienone is 11. The Balaban J connectivity index is 4.70. The van der Waals surface area contributed by atoms with Crippen LogP contribution in [-0.2, 0) is 14.3 Å². The van der Waals surface area contributed by atoms with Crippen molar-refractivity contribution in [3.05, 3.63) is 72.9 Å². The lowest BCUT2D eigenvalue weighted by atomic mass is 10.0. The first kappa shape index (κ1) is 55.3. The van der Waals surface area contributed by atoms with Crippen molar-refractivity contribution in [2.24, 2.45) is 0 Å². The van der Waals surface area contributed by atoms with E-state index in [0.717, 1.165) is 83.5 Å². The number of aliphatic hydroxyl groups excluding tert-OH is 2. The third kappa shape index (κ3) is 40.1. The van der Waals surface area contributed by atoms with Crippen molar-refractivity contribution in [2.75, 3.05) is 6.61 Å².